The second-order valence-corrected chi connectivity index (χ2v) is 4.77. The highest BCUT2D eigenvalue weighted by molar-refractivity contribution is 5.91. The van der Waals surface area contributed by atoms with Gasteiger partial charge in [0, 0.05) is 31.0 Å². The predicted octanol–water partition coefficient (Wildman–Crippen LogP) is 2.84. The van der Waals surface area contributed by atoms with Gasteiger partial charge in [0.05, 0.1) is 18.2 Å². The largest absolute Gasteiger partial charge is 0.334 e. The average Bonchev–Trinajstić information content (AvgIpc) is 3.10. The second kappa shape index (κ2) is 5.21. The van der Waals surface area contributed by atoms with Crippen molar-refractivity contribution in [2.24, 2.45) is 7.05 Å². The smallest absolute Gasteiger partial charge is 0.325 e. The molecule has 0 radical (unpaired) electrons. The lowest BCUT2D eigenvalue weighted by Crippen LogP contribution is -2.28. The van der Waals surface area contributed by atoms with Crippen molar-refractivity contribution in [1.82, 2.24) is 14.5 Å². The first-order valence-corrected chi connectivity index (χ1v) is 6.55. The monoisotopic (exact) mass is 268 g/mol. The zero-order chi connectivity index (χ0) is 13.9. The zero-order valence-electron chi connectivity index (χ0n) is 11.3. The van der Waals surface area contributed by atoms with Gasteiger partial charge in [0.15, 0.2) is 0 Å². The van der Waals surface area contributed by atoms with E-state index in [1.54, 1.807) is 11.2 Å². The number of nitrogens with one attached hydrogen (secondary N) is 1. The molecule has 0 atom stereocenters. The molecule has 5 heteroatoms. The van der Waals surface area contributed by atoms with Crippen LogP contribution in [0.4, 0.5) is 10.5 Å². The Bertz CT molecular complexity index is 659. The zero-order valence-corrected chi connectivity index (χ0v) is 11.3. The molecule has 3 rings (SSSR count). The summed E-state index contributed by atoms with van der Waals surface area (Å²) in [5.41, 5.74) is 2.83. The summed E-state index contributed by atoms with van der Waals surface area (Å²) in [5.74, 6) is 0. The highest BCUT2D eigenvalue weighted by atomic mass is 16.2. The van der Waals surface area contributed by atoms with Gasteiger partial charge in [0.25, 0.3) is 0 Å². The van der Waals surface area contributed by atoms with Crippen molar-refractivity contribution in [2.75, 3.05) is 11.9 Å². The van der Waals surface area contributed by atoms with E-state index < -0.39 is 0 Å². The van der Waals surface area contributed by atoms with Gasteiger partial charge in [-0.15, -0.1) is 0 Å². The number of carbonyl (C=O) groups excluding carboxylic acids is 1. The Kier molecular flexibility index (Phi) is 3.25. The third-order valence-corrected chi connectivity index (χ3v) is 3.31. The van der Waals surface area contributed by atoms with Crippen molar-refractivity contribution < 1.29 is 4.79 Å². The van der Waals surface area contributed by atoms with Crippen LogP contribution in [0, 0.1) is 0 Å². The number of aryl methyl sites for hydroxylation is 1. The number of amides is 2. The summed E-state index contributed by atoms with van der Waals surface area (Å²) >= 11 is 0. The molecule has 0 saturated heterocycles. The number of hydrogen-bond acceptors (Lipinski definition) is 2. The molecule has 0 unspecified atom stereocenters. The van der Waals surface area contributed by atoms with E-state index in [2.05, 4.69) is 10.3 Å². The Balaban J connectivity index is 1.79. The lowest BCUT2D eigenvalue weighted by molar-refractivity contribution is 0.231. The van der Waals surface area contributed by atoms with Crippen molar-refractivity contribution >= 4 is 11.7 Å². The van der Waals surface area contributed by atoms with Crippen molar-refractivity contribution in [2.45, 2.75) is 6.42 Å². The highest BCUT2D eigenvalue weighted by Crippen LogP contribution is 2.22. The van der Waals surface area contributed by atoms with Crippen LogP contribution >= 0.6 is 0 Å². The van der Waals surface area contributed by atoms with E-state index in [0.717, 1.165) is 29.9 Å². The minimum atomic E-state index is -0.0964. The maximum absolute atomic E-state index is 12.0. The maximum atomic E-state index is 12.0. The Morgan fingerprint density at radius 1 is 1.40 bits per heavy atom. The highest BCUT2D eigenvalue weighted by Gasteiger charge is 2.13. The van der Waals surface area contributed by atoms with Crippen LogP contribution in [0.5, 0.6) is 0 Å². The first kappa shape index (κ1) is 12.5. The Morgan fingerprint density at radius 2 is 2.30 bits per heavy atom. The average molecular weight is 268 g/mol. The fraction of sp³-hybridized carbons (Fsp3) is 0.200. The lowest BCUT2D eigenvalue weighted by Gasteiger charge is -2.15. The molecule has 1 aromatic heterocycles. The quantitative estimate of drug-likeness (QED) is 0.910. The van der Waals surface area contributed by atoms with Crippen LogP contribution in [-0.2, 0) is 7.05 Å². The maximum Gasteiger partial charge on any atom is 0.325 e. The molecule has 1 aromatic carbocycles. The molecule has 0 fully saturated rings. The first-order valence-electron chi connectivity index (χ1n) is 6.55. The van der Waals surface area contributed by atoms with Crippen LogP contribution in [0.25, 0.3) is 11.3 Å². The van der Waals surface area contributed by atoms with Gasteiger partial charge in [-0.2, -0.15) is 0 Å². The van der Waals surface area contributed by atoms with Gasteiger partial charge in [-0.05, 0) is 18.6 Å². The lowest BCUT2D eigenvalue weighted by atomic mass is 10.1. The predicted molar refractivity (Wildman–Crippen MR) is 78.1 cm³/mol. The molecular formula is C15H16N4O. The number of nitrogens with zero attached hydrogens (tertiary/aromatic N) is 3. The van der Waals surface area contributed by atoms with Gasteiger partial charge >= 0.3 is 6.03 Å². The van der Waals surface area contributed by atoms with Gasteiger partial charge < -0.3 is 14.8 Å². The summed E-state index contributed by atoms with van der Waals surface area (Å²) in [6, 6.07) is 7.67. The van der Waals surface area contributed by atoms with E-state index in [1.165, 1.54) is 0 Å². The topological polar surface area (TPSA) is 50.2 Å². The van der Waals surface area contributed by atoms with Crippen LogP contribution in [0.3, 0.4) is 0 Å². The number of aromatic nitrogens is 2. The molecule has 2 heterocycles. The van der Waals surface area contributed by atoms with Crippen LogP contribution in [0.15, 0.2) is 49.1 Å². The number of rotatable bonds is 2. The molecule has 5 nitrogen and oxygen atoms in total. The van der Waals surface area contributed by atoms with Crippen molar-refractivity contribution in [3.8, 4) is 11.3 Å². The fourth-order valence-electron chi connectivity index (χ4n) is 2.25. The third-order valence-electron chi connectivity index (χ3n) is 3.31. The third kappa shape index (κ3) is 2.42. The molecule has 2 amide bonds. The molecule has 0 saturated carbocycles. The number of carbonyl (C=O) groups is 1. The first-order chi connectivity index (χ1) is 9.74. The molecule has 0 bridgehead atoms. The van der Waals surface area contributed by atoms with Crippen LogP contribution in [-0.4, -0.2) is 27.0 Å². The van der Waals surface area contributed by atoms with E-state index in [1.807, 2.05) is 54.4 Å². The summed E-state index contributed by atoms with van der Waals surface area (Å²) in [7, 11) is 1.95. The molecule has 102 valence electrons. The summed E-state index contributed by atoms with van der Waals surface area (Å²) in [4.78, 5) is 17.8. The molecule has 20 heavy (non-hydrogen) atoms. The summed E-state index contributed by atoms with van der Waals surface area (Å²) in [5, 5.41) is 2.91. The summed E-state index contributed by atoms with van der Waals surface area (Å²) < 4.78 is 1.95. The number of imidazole rings is 1. The van der Waals surface area contributed by atoms with Gasteiger partial charge in [-0.25, -0.2) is 9.78 Å². The normalized spacial score (nSPS) is 13.8. The minimum Gasteiger partial charge on any atom is -0.334 e. The molecule has 1 aliphatic rings. The van der Waals surface area contributed by atoms with Crippen molar-refractivity contribution in [1.29, 1.82) is 0 Å². The Labute approximate surface area is 117 Å². The molecule has 2 aromatic rings. The van der Waals surface area contributed by atoms with Crippen LogP contribution in [0.2, 0.25) is 0 Å². The molecule has 0 spiro atoms. The van der Waals surface area contributed by atoms with Gasteiger partial charge in [0.1, 0.15) is 0 Å². The van der Waals surface area contributed by atoms with Crippen molar-refractivity contribution in [3.05, 3.63) is 49.1 Å². The summed E-state index contributed by atoms with van der Waals surface area (Å²) in [6.07, 6.45) is 8.30. The summed E-state index contributed by atoms with van der Waals surface area (Å²) in [6.45, 7) is 0.743. The van der Waals surface area contributed by atoms with Crippen LogP contribution in [0.1, 0.15) is 6.42 Å². The van der Waals surface area contributed by atoms with E-state index >= 15 is 0 Å². The van der Waals surface area contributed by atoms with Crippen molar-refractivity contribution in [3.63, 3.8) is 0 Å². The van der Waals surface area contributed by atoms with Gasteiger partial charge in [-0.3, -0.25) is 0 Å². The van der Waals surface area contributed by atoms with Gasteiger partial charge in [0.2, 0.25) is 0 Å². The molecule has 1 aliphatic heterocycles. The van der Waals surface area contributed by atoms with E-state index in [4.69, 9.17) is 0 Å². The van der Waals surface area contributed by atoms with E-state index in [0.29, 0.717) is 0 Å². The number of anilines is 1. The SMILES string of the molecule is Cn1cncc1-c1cccc(NC(=O)N2C=CCC2)c1. The number of hydrogen-bond donors (Lipinski definition) is 1. The fourth-order valence-corrected chi connectivity index (χ4v) is 2.25. The Hall–Kier alpha value is -2.56. The molecular weight excluding hydrogens is 252 g/mol. The van der Waals surface area contributed by atoms with E-state index in [9.17, 15) is 4.79 Å². The number of benzene rings is 1. The molecule has 0 aliphatic carbocycles. The van der Waals surface area contributed by atoms with Gasteiger partial charge in [-0.1, -0.05) is 18.2 Å². The second-order valence-electron chi connectivity index (χ2n) is 4.77. The molecule has 1 N–H and O–H groups in total. The van der Waals surface area contributed by atoms with E-state index in [-0.39, 0.29) is 6.03 Å². The minimum absolute atomic E-state index is 0.0964. The standard InChI is InChI=1S/C15H16N4O/c1-18-11-16-10-14(18)12-5-4-6-13(9-12)17-15(20)19-7-2-3-8-19/h2,4-7,9-11H,3,8H2,1H3,(H,17,20). The number of urea groups is 1. The Morgan fingerprint density at radius 3 is 3.00 bits per heavy atom. The van der Waals surface area contributed by atoms with Crippen LogP contribution < -0.4 is 5.32 Å².